The maximum Gasteiger partial charge on any atom is 0.291 e. The van der Waals surface area contributed by atoms with Crippen molar-refractivity contribution in [1.82, 2.24) is 14.5 Å². The second-order valence-electron chi connectivity index (χ2n) is 2.62. The normalized spacial score (nSPS) is 9.64. The van der Waals surface area contributed by atoms with Gasteiger partial charge in [-0.3, -0.25) is 9.36 Å². The van der Waals surface area contributed by atoms with E-state index < -0.39 is 0 Å². The molecule has 0 aromatic carbocycles. The molecule has 0 bridgehead atoms. The van der Waals surface area contributed by atoms with Gasteiger partial charge in [-0.1, -0.05) is 0 Å². The molecule has 0 saturated heterocycles. The quantitative estimate of drug-likeness (QED) is 0.701. The van der Waals surface area contributed by atoms with E-state index in [9.17, 15) is 4.79 Å². The molecule has 0 radical (unpaired) electrons. The first-order valence-electron chi connectivity index (χ1n) is 3.94. The highest BCUT2D eigenvalue weighted by atomic mass is 16.1. The van der Waals surface area contributed by atoms with Crippen molar-refractivity contribution in [2.45, 2.75) is 0 Å². The van der Waals surface area contributed by atoms with Crippen molar-refractivity contribution in [2.75, 3.05) is 0 Å². The van der Waals surface area contributed by atoms with E-state index >= 15 is 0 Å². The van der Waals surface area contributed by atoms with Gasteiger partial charge in [-0.25, -0.2) is 4.98 Å². The first kappa shape index (κ1) is 8.26. The lowest BCUT2D eigenvalue weighted by Gasteiger charge is -2.00. The fourth-order valence-corrected chi connectivity index (χ4v) is 1.17. The van der Waals surface area contributed by atoms with Crippen molar-refractivity contribution in [3.05, 3.63) is 46.8 Å². The van der Waals surface area contributed by atoms with Gasteiger partial charge >= 0.3 is 0 Å². The molecule has 0 atom stereocenters. The van der Waals surface area contributed by atoms with Crippen LogP contribution in [0.1, 0.15) is 5.69 Å². The topological polar surface area (TPSA) is 74.5 Å². The lowest BCUT2D eigenvalue weighted by atomic mass is 10.4. The van der Waals surface area contributed by atoms with E-state index in [1.807, 2.05) is 6.07 Å². The van der Waals surface area contributed by atoms with Gasteiger partial charge in [0.25, 0.3) is 5.56 Å². The second-order valence-corrected chi connectivity index (χ2v) is 2.62. The van der Waals surface area contributed by atoms with Crippen LogP contribution in [0.25, 0.3) is 5.82 Å². The second kappa shape index (κ2) is 3.18. The van der Waals surface area contributed by atoms with Gasteiger partial charge in [0.05, 0.1) is 0 Å². The highest BCUT2D eigenvalue weighted by molar-refractivity contribution is 5.32. The predicted octanol–water partition coefficient (Wildman–Crippen LogP) is 0.432. The molecule has 0 fully saturated rings. The Hall–Kier alpha value is -2.35. The minimum Gasteiger partial charge on any atom is -0.324 e. The van der Waals surface area contributed by atoms with Crippen LogP contribution in [0.3, 0.4) is 0 Å². The van der Waals surface area contributed by atoms with Gasteiger partial charge in [0.15, 0.2) is 0 Å². The van der Waals surface area contributed by atoms with Crippen LogP contribution in [-0.2, 0) is 0 Å². The first-order valence-corrected chi connectivity index (χ1v) is 3.94. The standard InChI is InChI=1S/C9H6N4O/c10-6-7-2-1-5-13(7)8-9(14)12-4-3-11-8/h1-5H,(H,12,14). The molecule has 2 aromatic heterocycles. The number of nitrogens with one attached hydrogen (secondary N) is 1. The van der Waals surface area contributed by atoms with E-state index in [0.717, 1.165) is 0 Å². The molecular formula is C9H6N4O. The highest BCUT2D eigenvalue weighted by Crippen LogP contribution is 2.04. The van der Waals surface area contributed by atoms with Gasteiger partial charge in [-0.05, 0) is 12.1 Å². The van der Waals surface area contributed by atoms with Gasteiger partial charge in [0.2, 0.25) is 5.82 Å². The summed E-state index contributed by atoms with van der Waals surface area (Å²) in [5, 5.41) is 8.75. The molecular weight excluding hydrogens is 180 g/mol. The predicted molar refractivity (Wildman–Crippen MR) is 48.9 cm³/mol. The summed E-state index contributed by atoms with van der Waals surface area (Å²) in [6.07, 6.45) is 4.54. The maximum absolute atomic E-state index is 11.3. The molecule has 5 heteroatoms. The van der Waals surface area contributed by atoms with Crippen LogP contribution in [0, 0.1) is 11.3 Å². The zero-order valence-corrected chi connectivity index (χ0v) is 7.14. The van der Waals surface area contributed by atoms with Crippen LogP contribution >= 0.6 is 0 Å². The van der Waals surface area contributed by atoms with Crippen LogP contribution in [0.4, 0.5) is 0 Å². The number of nitriles is 1. The van der Waals surface area contributed by atoms with E-state index in [1.54, 1.807) is 18.3 Å². The molecule has 0 saturated carbocycles. The zero-order valence-electron chi connectivity index (χ0n) is 7.14. The smallest absolute Gasteiger partial charge is 0.291 e. The summed E-state index contributed by atoms with van der Waals surface area (Å²) in [6, 6.07) is 5.28. The Morgan fingerprint density at radius 2 is 2.43 bits per heavy atom. The fraction of sp³-hybridized carbons (Fsp3) is 0. The lowest BCUT2D eigenvalue weighted by molar-refractivity contribution is 0.941. The highest BCUT2D eigenvalue weighted by Gasteiger charge is 2.06. The van der Waals surface area contributed by atoms with Crippen LogP contribution in [0.15, 0.2) is 35.5 Å². The molecule has 0 aliphatic heterocycles. The van der Waals surface area contributed by atoms with Crippen LogP contribution in [0.5, 0.6) is 0 Å². The minimum atomic E-state index is -0.319. The molecule has 14 heavy (non-hydrogen) atoms. The molecule has 2 heterocycles. The zero-order chi connectivity index (χ0) is 9.97. The van der Waals surface area contributed by atoms with Crippen LogP contribution in [0.2, 0.25) is 0 Å². The summed E-state index contributed by atoms with van der Waals surface area (Å²) in [5.74, 6) is 0.203. The summed E-state index contributed by atoms with van der Waals surface area (Å²) in [4.78, 5) is 17.7. The van der Waals surface area contributed by atoms with Crippen molar-refractivity contribution in [3.8, 4) is 11.9 Å². The summed E-state index contributed by atoms with van der Waals surface area (Å²) in [6.45, 7) is 0. The summed E-state index contributed by atoms with van der Waals surface area (Å²) in [5.41, 5.74) is 0.0643. The van der Waals surface area contributed by atoms with Gasteiger partial charge in [0.1, 0.15) is 11.8 Å². The summed E-state index contributed by atoms with van der Waals surface area (Å²) >= 11 is 0. The van der Waals surface area contributed by atoms with E-state index in [2.05, 4.69) is 9.97 Å². The van der Waals surface area contributed by atoms with Gasteiger partial charge < -0.3 is 4.98 Å². The number of nitrogens with zero attached hydrogens (tertiary/aromatic N) is 3. The maximum atomic E-state index is 11.3. The molecule has 1 N–H and O–H groups in total. The number of aromatic amines is 1. The molecule has 0 aliphatic rings. The average molecular weight is 186 g/mol. The van der Waals surface area contributed by atoms with Crippen LogP contribution in [-0.4, -0.2) is 14.5 Å². The largest absolute Gasteiger partial charge is 0.324 e. The molecule has 0 aliphatic carbocycles. The van der Waals surface area contributed by atoms with E-state index in [1.165, 1.54) is 17.0 Å². The van der Waals surface area contributed by atoms with Gasteiger partial charge in [-0.15, -0.1) is 0 Å². The molecule has 68 valence electrons. The third-order valence-corrected chi connectivity index (χ3v) is 1.78. The molecule has 0 amide bonds. The molecule has 0 unspecified atom stereocenters. The van der Waals surface area contributed by atoms with Crippen molar-refractivity contribution in [1.29, 1.82) is 5.26 Å². The molecule has 0 spiro atoms. The SMILES string of the molecule is N#Cc1cccn1-c1ncc[nH]c1=O. The Bertz CT molecular complexity index is 546. The van der Waals surface area contributed by atoms with E-state index in [-0.39, 0.29) is 11.4 Å². The number of H-pyrrole nitrogens is 1. The average Bonchev–Trinajstić information content (AvgIpc) is 2.66. The Balaban J connectivity index is 2.68. The number of rotatable bonds is 1. The Labute approximate surface area is 79.3 Å². The minimum absolute atomic E-state index is 0.203. The van der Waals surface area contributed by atoms with Gasteiger partial charge in [0, 0.05) is 18.6 Å². The van der Waals surface area contributed by atoms with Gasteiger partial charge in [-0.2, -0.15) is 5.26 Å². The third-order valence-electron chi connectivity index (χ3n) is 1.78. The van der Waals surface area contributed by atoms with Crippen LogP contribution < -0.4 is 5.56 Å². The van der Waals surface area contributed by atoms with Crippen molar-refractivity contribution in [3.63, 3.8) is 0 Å². The monoisotopic (exact) mass is 186 g/mol. The molecule has 2 aromatic rings. The van der Waals surface area contributed by atoms with Crippen molar-refractivity contribution in [2.24, 2.45) is 0 Å². The van der Waals surface area contributed by atoms with E-state index in [0.29, 0.717) is 5.69 Å². The number of aromatic nitrogens is 3. The summed E-state index contributed by atoms with van der Waals surface area (Å²) in [7, 11) is 0. The Morgan fingerprint density at radius 3 is 3.14 bits per heavy atom. The third kappa shape index (κ3) is 1.19. The Kier molecular flexibility index (Phi) is 1.88. The number of hydrogen-bond acceptors (Lipinski definition) is 3. The van der Waals surface area contributed by atoms with Crippen molar-refractivity contribution < 1.29 is 0 Å². The Morgan fingerprint density at radius 1 is 1.57 bits per heavy atom. The summed E-state index contributed by atoms with van der Waals surface area (Å²) < 4.78 is 1.44. The van der Waals surface area contributed by atoms with E-state index in [4.69, 9.17) is 5.26 Å². The molecule has 5 nitrogen and oxygen atoms in total. The first-order chi connectivity index (χ1) is 6.83. The number of hydrogen-bond donors (Lipinski definition) is 1. The van der Waals surface area contributed by atoms with Crippen molar-refractivity contribution >= 4 is 0 Å². The lowest BCUT2D eigenvalue weighted by Crippen LogP contribution is -2.16. The molecule has 2 rings (SSSR count). The fourth-order valence-electron chi connectivity index (χ4n) is 1.17.